The van der Waals surface area contributed by atoms with Crippen LogP contribution >= 0.6 is 0 Å². The number of hydrogen-bond acceptors (Lipinski definition) is 5. The molecule has 3 rings (SSSR count). The fourth-order valence-electron chi connectivity index (χ4n) is 3.24. The molecule has 0 aromatic heterocycles. The Morgan fingerprint density at radius 3 is 2.83 bits per heavy atom. The minimum atomic E-state index is -3.07. The Balaban J connectivity index is 1.76. The molecule has 2 N–H and O–H groups in total. The zero-order chi connectivity index (χ0) is 17.3. The van der Waals surface area contributed by atoms with Gasteiger partial charge in [0.15, 0.2) is 0 Å². The van der Waals surface area contributed by atoms with E-state index in [4.69, 9.17) is 0 Å². The van der Waals surface area contributed by atoms with Crippen LogP contribution in [0.25, 0.3) is 0 Å². The maximum absolute atomic E-state index is 12.6. The molecule has 1 aromatic rings. The van der Waals surface area contributed by atoms with Gasteiger partial charge in [0, 0.05) is 12.5 Å². The Bertz CT molecular complexity index is 659. The number of rotatable bonds is 5. The van der Waals surface area contributed by atoms with E-state index in [0.717, 1.165) is 32.0 Å². The van der Waals surface area contributed by atoms with Crippen molar-refractivity contribution in [3.8, 4) is 5.75 Å². The lowest BCUT2D eigenvalue weighted by atomic mass is 10.0. The summed E-state index contributed by atoms with van der Waals surface area (Å²) in [4.78, 5) is 23.9. The number of benzene rings is 1. The lowest BCUT2D eigenvalue weighted by Crippen LogP contribution is -2.21. The van der Waals surface area contributed by atoms with E-state index in [1.165, 1.54) is 19.2 Å². The number of halogens is 2. The summed E-state index contributed by atoms with van der Waals surface area (Å²) in [5.41, 5.74) is 0.176. The first-order chi connectivity index (χ1) is 11.4. The number of methoxy groups -OCH3 is 1. The molecule has 0 radical (unpaired) electrons. The van der Waals surface area contributed by atoms with Crippen LogP contribution in [0.1, 0.15) is 23.2 Å². The van der Waals surface area contributed by atoms with Crippen LogP contribution in [0.4, 0.5) is 14.5 Å². The zero-order valence-corrected chi connectivity index (χ0v) is 13.1. The van der Waals surface area contributed by atoms with E-state index >= 15 is 0 Å². The average molecular weight is 340 g/mol. The first kappa shape index (κ1) is 16.6. The van der Waals surface area contributed by atoms with E-state index in [1.54, 1.807) is 0 Å². The van der Waals surface area contributed by atoms with Crippen LogP contribution in [-0.4, -0.2) is 38.7 Å². The Labute approximate surface area is 137 Å². The Hall–Kier alpha value is -2.22. The molecule has 130 valence electrons. The molecule has 1 spiro atoms. The molecule has 1 aliphatic carbocycles. The van der Waals surface area contributed by atoms with Crippen molar-refractivity contribution in [1.29, 1.82) is 0 Å². The molecule has 8 heteroatoms. The minimum Gasteiger partial charge on any atom is -0.465 e. The number of amides is 1. The van der Waals surface area contributed by atoms with Gasteiger partial charge in [-0.2, -0.15) is 8.78 Å². The Kier molecular flexibility index (Phi) is 4.40. The van der Waals surface area contributed by atoms with E-state index in [0.29, 0.717) is 0 Å². The van der Waals surface area contributed by atoms with E-state index in [-0.39, 0.29) is 34.2 Å². The normalized spacial score (nSPS) is 24.9. The average Bonchev–Trinajstić information content (AvgIpc) is 3.05. The number of nitrogens with one attached hydrogen (secondary N) is 2. The second-order valence-corrected chi connectivity index (χ2v) is 6.12. The number of esters is 1. The first-order valence-corrected chi connectivity index (χ1v) is 7.64. The topological polar surface area (TPSA) is 76.7 Å². The van der Waals surface area contributed by atoms with Gasteiger partial charge >= 0.3 is 12.6 Å². The number of anilines is 1. The molecular formula is C16H18F2N2O4. The second kappa shape index (κ2) is 6.35. The minimum absolute atomic E-state index is 0.000223. The van der Waals surface area contributed by atoms with Crippen LogP contribution in [0, 0.1) is 11.3 Å². The zero-order valence-electron chi connectivity index (χ0n) is 13.1. The molecule has 1 aliphatic heterocycles. The molecular weight excluding hydrogens is 322 g/mol. The molecule has 2 atom stereocenters. The van der Waals surface area contributed by atoms with Crippen LogP contribution in [0.2, 0.25) is 0 Å². The van der Waals surface area contributed by atoms with Crippen molar-refractivity contribution < 1.29 is 27.8 Å². The third kappa shape index (κ3) is 3.19. The van der Waals surface area contributed by atoms with Crippen molar-refractivity contribution in [2.24, 2.45) is 11.3 Å². The molecule has 0 unspecified atom stereocenters. The maximum atomic E-state index is 12.6. The summed E-state index contributed by atoms with van der Waals surface area (Å²) in [7, 11) is 1.19. The van der Waals surface area contributed by atoms with Gasteiger partial charge < -0.3 is 20.1 Å². The smallest absolute Gasteiger partial charge is 0.387 e. The van der Waals surface area contributed by atoms with Crippen LogP contribution in [0.15, 0.2) is 18.2 Å². The quantitative estimate of drug-likeness (QED) is 0.802. The van der Waals surface area contributed by atoms with Gasteiger partial charge in [-0.05, 0) is 43.0 Å². The molecule has 24 heavy (non-hydrogen) atoms. The van der Waals surface area contributed by atoms with Gasteiger partial charge in [0.1, 0.15) is 5.75 Å². The molecule has 1 saturated carbocycles. The van der Waals surface area contributed by atoms with E-state index in [9.17, 15) is 18.4 Å². The molecule has 2 fully saturated rings. The van der Waals surface area contributed by atoms with Crippen molar-refractivity contribution in [2.45, 2.75) is 19.5 Å². The third-order valence-electron chi connectivity index (χ3n) is 4.66. The van der Waals surface area contributed by atoms with Gasteiger partial charge in [-0.15, -0.1) is 0 Å². The summed E-state index contributed by atoms with van der Waals surface area (Å²) in [6.07, 6.45) is 1.73. The van der Waals surface area contributed by atoms with Crippen LogP contribution in [0.5, 0.6) is 5.75 Å². The number of alkyl halides is 2. The van der Waals surface area contributed by atoms with Crippen molar-refractivity contribution in [1.82, 2.24) is 5.32 Å². The Morgan fingerprint density at radius 2 is 2.21 bits per heavy atom. The number of carbonyl (C=O) groups is 2. The van der Waals surface area contributed by atoms with Crippen LogP contribution in [0.3, 0.4) is 0 Å². The van der Waals surface area contributed by atoms with Gasteiger partial charge in [0.2, 0.25) is 5.91 Å². The van der Waals surface area contributed by atoms with Crippen molar-refractivity contribution in [3.05, 3.63) is 23.8 Å². The molecule has 1 amide bonds. The highest BCUT2D eigenvalue weighted by Crippen LogP contribution is 2.57. The van der Waals surface area contributed by atoms with E-state index in [1.807, 2.05) is 0 Å². The van der Waals surface area contributed by atoms with Gasteiger partial charge in [-0.3, -0.25) is 4.79 Å². The lowest BCUT2D eigenvalue weighted by Gasteiger charge is -2.14. The lowest BCUT2D eigenvalue weighted by molar-refractivity contribution is -0.118. The second-order valence-electron chi connectivity index (χ2n) is 6.12. The summed E-state index contributed by atoms with van der Waals surface area (Å²) in [5, 5.41) is 5.87. The third-order valence-corrected chi connectivity index (χ3v) is 4.66. The largest absolute Gasteiger partial charge is 0.465 e. The molecule has 0 bridgehead atoms. The summed E-state index contributed by atoms with van der Waals surface area (Å²) in [6, 6.07) is 3.89. The summed E-state index contributed by atoms with van der Waals surface area (Å²) in [6.45, 7) is -1.38. The van der Waals surface area contributed by atoms with E-state index < -0.39 is 12.6 Å². The Morgan fingerprint density at radius 1 is 1.42 bits per heavy atom. The van der Waals surface area contributed by atoms with Crippen molar-refractivity contribution in [3.63, 3.8) is 0 Å². The van der Waals surface area contributed by atoms with Gasteiger partial charge in [-0.25, -0.2) is 4.79 Å². The first-order valence-electron chi connectivity index (χ1n) is 7.64. The summed E-state index contributed by atoms with van der Waals surface area (Å²) >= 11 is 0. The highest BCUT2D eigenvalue weighted by Gasteiger charge is 2.59. The predicted octanol–water partition coefficient (Wildman–Crippen LogP) is 2.01. The molecule has 1 heterocycles. The van der Waals surface area contributed by atoms with Crippen molar-refractivity contribution >= 4 is 17.6 Å². The highest BCUT2D eigenvalue weighted by molar-refractivity contribution is 5.97. The predicted molar refractivity (Wildman–Crippen MR) is 81.1 cm³/mol. The molecule has 6 nitrogen and oxygen atoms in total. The number of hydrogen-bond donors (Lipinski definition) is 2. The number of ether oxygens (including phenoxy) is 2. The summed E-state index contributed by atoms with van der Waals surface area (Å²) in [5.74, 6) is -1.29. The van der Waals surface area contributed by atoms with Crippen LogP contribution in [-0.2, 0) is 9.53 Å². The van der Waals surface area contributed by atoms with Gasteiger partial charge in [0.05, 0.1) is 18.4 Å². The van der Waals surface area contributed by atoms with Gasteiger partial charge in [0.25, 0.3) is 0 Å². The number of carbonyl (C=O) groups excluding carboxylic acids is 2. The fourth-order valence-corrected chi connectivity index (χ4v) is 3.24. The fraction of sp³-hybridized carbons (Fsp3) is 0.500. The van der Waals surface area contributed by atoms with Crippen LogP contribution < -0.4 is 15.4 Å². The molecule has 1 aromatic carbocycles. The molecule has 1 saturated heterocycles. The highest BCUT2D eigenvalue weighted by atomic mass is 19.3. The van der Waals surface area contributed by atoms with Crippen molar-refractivity contribution in [2.75, 3.05) is 25.5 Å². The summed E-state index contributed by atoms with van der Waals surface area (Å²) < 4.78 is 34.2. The maximum Gasteiger partial charge on any atom is 0.387 e. The molecule has 2 aliphatic rings. The standard InChI is InChI=1S/C16H18F2N2O4/c1-23-14(22)9-2-3-11(12(6-9)24-15(17)18)20-13(21)10-7-16(10)4-5-19-8-16/h2-3,6,10,15,19H,4-5,7-8H2,1H3,(H,20,21)/t10-,16+/m1/s1. The monoisotopic (exact) mass is 340 g/mol. The SMILES string of the molecule is COC(=O)c1ccc(NC(=O)[C@H]2C[C@]23CCNC3)c(OC(F)F)c1. The van der Waals surface area contributed by atoms with Gasteiger partial charge in [-0.1, -0.05) is 0 Å². The van der Waals surface area contributed by atoms with E-state index in [2.05, 4.69) is 20.1 Å².